The summed E-state index contributed by atoms with van der Waals surface area (Å²) in [7, 11) is 0. The second kappa shape index (κ2) is 15.9. The number of aryl methyl sites for hydroxylation is 2. The third kappa shape index (κ3) is 7.06. The van der Waals surface area contributed by atoms with Gasteiger partial charge < -0.3 is 24.8 Å². The maximum absolute atomic E-state index is 2.87. The molecule has 0 saturated carbocycles. The molecule has 0 fully saturated rings. The summed E-state index contributed by atoms with van der Waals surface area (Å²) in [5.41, 5.74) is 17.0. The Balaban J connectivity index is 0.00000250. The van der Waals surface area contributed by atoms with E-state index in [4.69, 9.17) is 0 Å². The van der Waals surface area contributed by atoms with Crippen molar-refractivity contribution in [2.24, 2.45) is 17.8 Å². The van der Waals surface area contributed by atoms with Gasteiger partial charge in [-0.3, -0.25) is 0 Å². The van der Waals surface area contributed by atoms with Crippen molar-refractivity contribution < 1.29 is 46.1 Å². The molecule has 0 aromatic heterocycles. The molecule has 4 aromatic rings. The molecule has 2 aliphatic rings. The Kier molecular flexibility index (Phi) is 12.7. The standard InChI is InChI=1S/C17H17.C14H23.C13H10.2ClH.Zr/c1-3-12-5-7-16-14(9-12)11-15-10-13(4-2)6-8-17(15)16;1-9(2)12-7-8-13(10(3)4)14(12)11(5)6;1-3-7-12(8-4-1)11-13-9-5-2-6-10-13;;;/h5-11H,3-4H2,1-2H3;9-11H,7H2,1-6H3;1-10H;2*1H;/q;;;;;+2/p-2. The Morgan fingerprint density at radius 1 is 0.596 bits per heavy atom. The number of benzene rings is 4. The molecule has 6 rings (SSSR count). The van der Waals surface area contributed by atoms with Crippen LogP contribution in [0, 0.1) is 17.8 Å². The van der Waals surface area contributed by atoms with Gasteiger partial charge in [0.2, 0.25) is 0 Å². The van der Waals surface area contributed by atoms with Crippen molar-refractivity contribution in [2.45, 2.75) is 78.3 Å². The topological polar surface area (TPSA) is 0 Å². The van der Waals surface area contributed by atoms with Gasteiger partial charge in [0.05, 0.1) is 0 Å². The molecule has 47 heavy (non-hydrogen) atoms. The van der Waals surface area contributed by atoms with Crippen molar-refractivity contribution in [3.8, 4) is 11.1 Å². The van der Waals surface area contributed by atoms with E-state index in [1.54, 1.807) is 31.1 Å². The fourth-order valence-corrected chi connectivity index (χ4v) is 18.1. The molecule has 0 heterocycles. The van der Waals surface area contributed by atoms with Gasteiger partial charge in [-0.25, -0.2) is 0 Å². The van der Waals surface area contributed by atoms with Crippen LogP contribution in [0.2, 0.25) is 0 Å². The van der Waals surface area contributed by atoms with E-state index in [1.807, 2.05) is 3.28 Å². The average molecular weight is 741 g/mol. The first-order chi connectivity index (χ1) is 21.7. The van der Waals surface area contributed by atoms with Crippen molar-refractivity contribution in [2.75, 3.05) is 0 Å². The van der Waals surface area contributed by atoms with E-state index < -0.39 is 21.3 Å². The van der Waals surface area contributed by atoms with Crippen molar-refractivity contribution >= 4 is 3.21 Å². The molecule has 0 nitrogen and oxygen atoms in total. The van der Waals surface area contributed by atoms with E-state index in [9.17, 15) is 0 Å². The molecule has 0 amide bonds. The summed E-state index contributed by atoms with van der Waals surface area (Å²) in [6.07, 6.45) is 3.29. The molecular weight excluding hydrogens is 691 g/mol. The van der Waals surface area contributed by atoms with Gasteiger partial charge in [-0.1, -0.05) is 0 Å². The SMILES string of the molecule is CCc1ccc2c(c1)[CH]([Zr+2]([C]1=C(C(C)C)C(C(C)C)=C(C(C)C)C1)=[C](c1ccccc1)c1ccccc1)c1cc(CC)ccc1-2.[Cl-].[Cl-]. The van der Waals surface area contributed by atoms with Gasteiger partial charge in [0.25, 0.3) is 0 Å². The third-order valence-electron chi connectivity index (χ3n) is 10.1. The van der Waals surface area contributed by atoms with Crippen molar-refractivity contribution in [1.82, 2.24) is 0 Å². The van der Waals surface area contributed by atoms with E-state index in [1.165, 1.54) is 33.4 Å². The fourth-order valence-electron chi connectivity index (χ4n) is 8.08. The second-order valence-corrected chi connectivity index (χ2v) is 20.1. The van der Waals surface area contributed by atoms with E-state index in [0.29, 0.717) is 21.4 Å². The van der Waals surface area contributed by atoms with Gasteiger partial charge in [0.1, 0.15) is 0 Å². The van der Waals surface area contributed by atoms with Crippen molar-refractivity contribution in [1.29, 1.82) is 0 Å². The monoisotopic (exact) mass is 738 g/mol. The van der Waals surface area contributed by atoms with Crippen LogP contribution < -0.4 is 24.8 Å². The zero-order valence-corrected chi connectivity index (χ0v) is 33.4. The Labute approximate surface area is 304 Å². The first kappa shape index (κ1) is 37.5. The maximum atomic E-state index is 2.60. The van der Waals surface area contributed by atoms with Crippen LogP contribution in [0.15, 0.2) is 117 Å². The predicted octanol–water partition coefficient (Wildman–Crippen LogP) is 5.70. The van der Waals surface area contributed by atoms with E-state index in [0.717, 1.165) is 19.3 Å². The number of allylic oxidation sites excluding steroid dienone is 4. The molecule has 0 atom stereocenters. The van der Waals surface area contributed by atoms with Gasteiger partial charge in [0, 0.05) is 0 Å². The summed E-state index contributed by atoms with van der Waals surface area (Å²) in [5, 5.41) is 0. The summed E-state index contributed by atoms with van der Waals surface area (Å²) in [6, 6.07) is 37.8. The Morgan fingerprint density at radius 2 is 1.04 bits per heavy atom. The Bertz CT molecular complexity index is 1710. The summed E-state index contributed by atoms with van der Waals surface area (Å²) in [5.74, 6) is 1.58. The second-order valence-electron chi connectivity index (χ2n) is 14.0. The fraction of sp³-hybridized carbons (Fsp3) is 0.341. The van der Waals surface area contributed by atoms with Crippen LogP contribution in [0.25, 0.3) is 11.1 Å². The molecule has 2 aliphatic carbocycles. The smallest absolute Gasteiger partial charge is 1.00 e. The minimum atomic E-state index is -2.87. The van der Waals surface area contributed by atoms with E-state index in [2.05, 4.69) is 152 Å². The zero-order chi connectivity index (χ0) is 31.8. The molecule has 3 heteroatoms. The minimum Gasteiger partial charge on any atom is -1.00 e. The quantitative estimate of drug-likeness (QED) is 0.207. The molecule has 0 unspecified atom stereocenters. The van der Waals surface area contributed by atoms with Gasteiger partial charge >= 0.3 is 282 Å². The number of fused-ring (bicyclic) bond motifs is 3. The van der Waals surface area contributed by atoms with Gasteiger partial charge in [-0.2, -0.15) is 0 Å². The van der Waals surface area contributed by atoms with Crippen LogP contribution in [-0.4, -0.2) is 3.21 Å². The Hall–Kier alpha value is -2.31. The van der Waals surface area contributed by atoms with Crippen molar-refractivity contribution in [3.05, 3.63) is 150 Å². The third-order valence-corrected chi connectivity index (χ3v) is 18.5. The first-order valence-electron chi connectivity index (χ1n) is 17.3. The number of hydrogen-bond donors (Lipinski definition) is 0. The summed E-state index contributed by atoms with van der Waals surface area (Å²) < 4.78 is 3.94. The minimum absolute atomic E-state index is 0. The van der Waals surface area contributed by atoms with Crippen LogP contribution in [0.4, 0.5) is 0 Å². The number of halogens is 2. The molecule has 4 aromatic carbocycles. The molecule has 244 valence electrons. The summed E-state index contributed by atoms with van der Waals surface area (Å²) in [6.45, 7) is 19.3. The van der Waals surface area contributed by atoms with Crippen LogP contribution in [0.1, 0.15) is 98.8 Å². The van der Waals surface area contributed by atoms with Crippen LogP contribution in [0.5, 0.6) is 0 Å². The van der Waals surface area contributed by atoms with Gasteiger partial charge in [-0.05, 0) is 0 Å². The van der Waals surface area contributed by atoms with Crippen LogP contribution in [-0.2, 0) is 34.1 Å². The number of rotatable bonds is 9. The van der Waals surface area contributed by atoms with E-state index >= 15 is 0 Å². The molecule has 0 N–H and O–H groups in total. The number of hydrogen-bond acceptors (Lipinski definition) is 0. The van der Waals surface area contributed by atoms with Gasteiger partial charge in [0.15, 0.2) is 0 Å². The molecule has 0 aliphatic heterocycles. The van der Waals surface area contributed by atoms with Crippen molar-refractivity contribution in [3.63, 3.8) is 0 Å². The molecule has 0 spiro atoms. The summed E-state index contributed by atoms with van der Waals surface area (Å²) >= 11 is -2.87. The summed E-state index contributed by atoms with van der Waals surface area (Å²) in [4.78, 5) is 0. The van der Waals surface area contributed by atoms with Gasteiger partial charge in [-0.15, -0.1) is 0 Å². The zero-order valence-electron chi connectivity index (χ0n) is 29.4. The maximum Gasteiger partial charge on any atom is -1.00 e. The predicted molar refractivity (Wildman–Crippen MR) is 192 cm³/mol. The first-order valence-corrected chi connectivity index (χ1v) is 21.2. The normalized spacial score (nSPS) is 13.8. The molecule has 0 radical (unpaired) electrons. The van der Waals surface area contributed by atoms with Crippen LogP contribution >= 0.6 is 0 Å². The largest absolute Gasteiger partial charge is 1.00 e. The average Bonchev–Trinajstić information content (AvgIpc) is 3.61. The molecule has 0 bridgehead atoms. The van der Waals surface area contributed by atoms with Crippen LogP contribution in [0.3, 0.4) is 0 Å². The van der Waals surface area contributed by atoms with E-state index in [-0.39, 0.29) is 24.8 Å². The molecular formula is C44H50Cl2Zr. The molecule has 0 saturated heterocycles. The Morgan fingerprint density at radius 3 is 1.43 bits per heavy atom.